The van der Waals surface area contributed by atoms with Gasteiger partial charge in [0.05, 0.1) is 0 Å². The fourth-order valence-electron chi connectivity index (χ4n) is 3.37. The van der Waals surface area contributed by atoms with Crippen LogP contribution in [0.25, 0.3) is 22.0 Å². The van der Waals surface area contributed by atoms with Crippen molar-refractivity contribution in [3.63, 3.8) is 0 Å². The number of aromatic amines is 1. The second-order valence-electron chi connectivity index (χ2n) is 7.01. The van der Waals surface area contributed by atoms with Crippen LogP contribution < -0.4 is 9.30 Å². The molecule has 0 saturated carbocycles. The molecule has 4 nitrogen and oxygen atoms in total. The van der Waals surface area contributed by atoms with Gasteiger partial charge < -0.3 is 9.72 Å². The lowest BCUT2D eigenvalue weighted by Gasteiger charge is -2.08. The number of aryl methyl sites for hydroxylation is 1. The Morgan fingerprint density at radius 1 is 1.10 bits per heavy atom. The summed E-state index contributed by atoms with van der Waals surface area (Å²) in [4.78, 5) is 15.8. The van der Waals surface area contributed by atoms with Gasteiger partial charge in [-0.05, 0) is 36.8 Å². The topological polar surface area (TPSA) is 46.0 Å². The van der Waals surface area contributed by atoms with Crippen LogP contribution in [0.5, 0.6) is 5.75 Å². The van der Waals surface area contributed by atoms with E-state index in [2.05, 4.69) is 15.8 Å². The molecule has 1 N–H and O–H groups in total. The summed E-state index contributed by atoms with van der Waals surface area (Å²) >= 11 is 0. The van der Waals surface area contributed by atoms with Crippen LogP contribution in [-0.4, -0.2) is 17.1 Å². The minimum absolute atomic E-state index is 0.0637. The van der Waals surface area contributed by atoms with Gasteiger partial charge in [0.2, 0.25) is 12.3 Å². The number of pyridine rings is 1. The summed E-state index contributed by atoms with van der Waals surface area (Å²) in [6.07, 6.45) is 0.831. The van der Waals surface area contributed by atoms with Gasteiger partial charge in [-0.1, -0.05) is 29.8 Å². The monoisotopic (exact) mass is 411 g/mol. The van der Waals surface area contributed by atoms with Gasteiger partial charge in [0.25, 0.3) is 0 Å². The standard InChI is InChI=1S/C23H17F3N2O2/c1-15-3-2-4-17(11-15)20-12-27-21-13-28(10-9-19(20)21)14-22(29)16-5-7-18(8-6-16)30-23(24,25)26/h2-13H,14H2,1H3/p+1. The molecule has 0 unspecified atom stereocenters. The molecule has 4 rings (SSSR count). The van der Waals surface area contributed by atoms with Crippen molar-refractivity contribution < 1.29 is 27.3 Å². The van der Waals surface area contributed by atoms with E-state index in [9.17, 15) is 18.0 Å². The Morgan fingerprint density at radius 3 is 2.57 bits per heavy atom. The van der Waals surface area contributed by atoms with Crippen LogP contribution in [0.2, 0.25) is 0 Å². The number of ether oxygens (including phenoxy) is 1. The number of H-pyrrole nitrogens is 1. The lowest BCUT2D eigenvalue weighted by atomic mass is 10.0. The average molecular weight is 411 g/mol. The summed E-state index contributed by atoms with van der Waals surface area (Å²) in [5.74, 6) is -0.577. The van der Waals surface area contributed by atoms with E-state index in [1.807, 2.05) is 49.8 Å². The Kier molecular flexibility index (Phi) is 5.03. The minimum atomic E-state index is -4.76. The molecule has 0 aliphatic carbocycles. The Labute approximate surface area is 170 Å². The van der Waals surface area contributed by atoms with E-state index in [-0.39, 0.29) is 18.1 Å². The number of fused-ring (bicyclic) bond motifs is 1. The van der Waals surface area contributed by atoms with Gasteiger partial charge in [0, 0.05) is 28.8 Å². The minimum Gasteiger partial charge on any atom is -0.406 e. The number of nitrogens with one attached hydrogen (secondary N) is 1. The lowest BCUT2D eigenvalue weighted by molar-refractivity contribution is -0.681. The zero-order valence-electron chi connectivity index (χ0n) is 16.0. The number of halogens is 3. The molecule has 2 aromatic carbocycles. The molecule has 0 aliphatic rings. The first-order chi connectivity index (χ1) is 14.3. The van der Waals surface area contributed by atoms with Gasteiger partial charge in [0.15, 0.2) is 12.4 Å². The number of hydrogen-bond donors (Lipinski definition) is 1. The van der Waals surface area contributed by atoms with Crippen molar-refractivity contribution >= 4 is 16.7 Å². The number of Topliss-reactive ketones (excluding diaryl/α,β-unsaturated/α-hetero) is 1. The molecule has 0 amide bonds. The second kappa shape index (κ2) is 7.67. The number of hydrogen-bond acceptors (Lipinski definition) is 2. The highest BCUT2D eigenvalue weighted by Gasteiger charge is 2.31. The second-order valence-corrected chi connectivity index (χ2v) is 7.01. The van der Waals surface area contributed by atoms with E-state index in [0.29, 0.717) is 5.56 Å². The fourth-order valence-corrected chi connectivity index (χ4v) is 3.37. The zero-order valence-corrected chi connectivity index (χ0v) is 16.0. The van der Waals surface area contributed by atoms with Crippen LogP contribution in [0, 0.1) is 6.92 Å². The highest BCUT2D eigenvalue weighted by molar-refractivity contribution is 5.96. The van der Waals surface area contributed by atoms with E-state index >= 15 is 0 Å². The first-order valence-electron chi connectivity index (χ1n) is 9.25. The first kappa shape index (κ1) is 19.7. The van der Waals surface area contributed by atoms with Crippen molar-refractivity contribution in [3.05, 3.63) is 84.3 Å². The van der Waals surface area contributed by atoms with Gasteiger partial charge in [-0.15, -0.1) is 13.2 Å². The Hall–Kier alpha value is -3.61. The van der Waals surface area contributed by atoms with Crippen LogP contribution in [-0.2, 0) is 6.54 Å². The molecule has 0 bridgehead atoms. The molecule has 0 atom stereocenters. The van der Waals surface area contributed by atoms with E-state index in [1.165, 1.54) is 17.7 Å². The number of benzene rings is 2. The van der Waals surface area contributed by atoms with E-state index in [4.69, 9.17) is 0 Å². The number of rotatable bonds is 5. The van der Waals surface area contributed by atoms with E-state index in [1.54, 1.807) is 4.57 Å². The van der Waals surface area contributed by atoms with Crippen LogP contribution >= 0.6 is 0 Å². The molecule has 2 aromatic heterocycles. The van der Waals surface area contributed by atoms with Crippen LogP contribution in [0.1, 0.15) is 15.9 Å². The third kappa shape index (κ3) is 4.35. The third-order valence-electron chi connectivity index (χ3n) is 4.75. The number of aromatic nitrogens is 2. The Morgan fingerprint density at radius 2 is 1.87 bits per heavy atom. The van der Waals surface area contributed by atoms with Gasteiger partial charge in [0.1, 0.15) is 11.3 Å². The quantitative estimate of drug-likeness (QED) is 0.362. The lowest BCUT2D eigenvalue weighted by Crippen LogP contribution is -2.37. The Bertz CT molecular complexity index is 1210. The maximum atomic E-state index is 12.5. The number of nitrogens with zero attached hydrogens (tertiary/aromatic N) is 1. The van der Waals surface area contributed by atoms with Gasteiger partial charge in [-0.3, -0.25) is 4.79 Å². The van der Waals surface area contributed by atoms with Gasteiger partial charge >= 0.3 is 6.36 Å². The van der Waals surface area contributed by atoms with Crippen molar-refractivity contribution in [3.8, 4) is 16.9 Å². The summed E-state index contributed by atoms with van der Waals surface area (Å²) in [6.45, 7) is 2.11. The predicted molar refractivity (Wildman–Crippen MR) is 106 cm³/mol. The summed E-state index contributed by atoms with van der Waals surface area (Å²) in [5.41, 5.74) is 4.55. The largest absolute Gasteiger partial charge is 0.573 e. The fraction of sp³-hybridized carbons (Fsp3) is 0.130. The summed E-state index contributed by atoms with van der Waals surface area (Å²) in [5, 5.41) is 1.04. The highest BCUT2D eigenvalue weighted by Crippen LogP contribution is 2.28. The summed E-state index contributed by atoms with van der Waals surface area (Å²) < 4.78 is 42.3. The number of carbonyl (C=O) groups excluding carboxylic acids is 1. The number of alkyl halides is 3. The van der Waals surface area contributed by atoms with Crippen LogP contribution in [0.4, 0.5) is 13.2 Å². The molecule has 7 heteroatoms. The third-order valence-corrected chi connectivity index (χ3v) is 4.75. The van der Waals surface area contributed by atoms with E-state index in [0.717, 1.165) is 34.2 Å². The Balaban J connectivity index is 1.52. The van der Waals surface area contributed by atoms with Crippen molar-refractivity contribution in [2.24, 2.45) is 0 Å². The maximum absolute atomic E-state index is 12.5. The van der Waals surface area contributed by atoms with Crippen LogP contribution in [0.3, 0.4) is 0 Å². The molecule has 0 aliphatic heterocycles. The highest BCUT2D eigenvalue weighted by atomic mass is 19.4. The SMILES string of the molecule is Cc1cccc(-c2c[nH]c3c[n+](CC(=O)c4ccc(OC(F)(F)F)cc4)ccc23)c1. The van der Waals surface area contributed by atoms with Crippen molar-refractivity contribution in [1.82, 2.24) is 4.98 Å². The van der Waals surface area contributed by atoms with Crippen molar-refractivity contribution in [2.75, 3.05) is 0 Å². The molecule has 152 valence electrons. The molecular formula is C23H18F3N2O2+. The van der Waals surface area contributed by atoms with E-state index < -0.39 is 6.36 Å². The molecule has 0 saturated heterocycles. The normalized spacial score (nSPS) is 11.6. The summed E-state index contributed by atoms with van der Waals surface area (Å²) in [6, 6.07) is 15.1. The number of ketones is 1. The zero-order chi connectivity index (χ0) is 21.3. The smallest absolute Gasteiger partial charge is 0.406 e. The van der Waals surface area contributed by atoms with Crippen LogP contribution in [0.15, 0.2) is 73.2 Å². The molecule has 30 heavy (non-hydrogen) atoms. The average Bonchev–Trinajstić information content (AvgIpc) is 3.10. The first-order valence-corrected chi connectivity index (χ1v) is 9.25. The van der Waals surface area contributed by atoms with Crippen molar-refractivity contribution in [1.29, 1.82) is 0 Å². The predicted octanol–water partition coefficient (Wildman–Crippen LogP) is 5.21. The van der Waals surface area contributed by atoms with Gasteiger partial charge in [-0.25, -0.2) is 0 Å². The molecule has 0 spiro atoms. The van der Waals surface area contributed by atoms with Gasteiger partial charge in [-0.2, -0.15) is 4.57 Å². The maximum Gasteiger partial charge on any atom is 0.573 e. The molecular weight excluding hydrogens is 393 g/mol. The molecule has 0 radical (unpaired) electrons. The molecule has 0 fully saturated rings. The summed E-state index contributed by atoms with van der Waals surface area (Å²) in [7, 11) is 0. The molecule has 4 aromatic rings. The number of carbonyl (C=O) groups is 1. The molecule has 2 heterocycles. The van der Waals surface area contributed by atoms with Crippen molar-refractivity contribution in [2.45, 2.75) is 19.8 Å².